The van der Waals surface area contributed by atoms with Crippen molar-refractivity contribution < 1.29 is 83.3 Å². The second-order valence-electron chi connectivity index (χ2n) is 12.0. The summed E-state index contributed by atoms with van der Waals surface area (Å²) < 4.78 is 0.430. The number of carboxylic acid groups (broad SMARTS) is 2. The van der Waals surface area contributed by atoms with Gasteiger partial charge in [-0.2, -0.15) is 0 Å². The summed E-state index contributed by atoms with van der Waals surface area (Å²) in [7, 11) is 0. The molecule has 16 nitrogen and oxygen atoms in total. The van der Waals surface area contributed by atoms with Crippen LogP contribution in [0.1, 0.15) is 42.2 Å². The van der Waals surface area contributed by atoms with Crippen molar-refractivity contribution in [2.45, 2.75) is 37.7 Å². The van der Waals surface area contributed by atoms with Crippen LogP contribution in [-0.2, 0) is 24.0 Å². The molecular weight excluding hydrogens is 762 g/mol. The quantitative estimate of drug-likeness (QED) is 0.0369. The Labute approximate surface area is 331 Å². The number of aromatic hydroxyl groups is 2. The molecular formula is C30H31Cl2N6NaO10S2. The molecule has 0 bridgehead atoms. The van der Waals surface area contributed by atoms with E-state index in [1.54, 1.807) is 0 Å². The van der Waals surface area contributed by atoms with Gasteiger partial charge in [0.1, 0.15) is 16.6 Å². The van der Waals surface area contributed by atoms with Gasteiger partial charge >= 0.3 is 29.6 Å². The van der Waals surface area contributed by atoms with Crippen LogP contribution in [0, 0.1) is 5.92 Å². The van der Waals surface area contributed by atoms with Crippen LogP contribution in [0.2, 0.25) is 9.36 Å². The summed E-state index contributed by atoms with van der Waals surface area (Å²) in [5, 5.41) is 48.6. The van der Waals surface area contributed by atoms with Crippen LogP contribution in [0.4, 0.5) is 5.13 Å². The Morgan fingerprint density at radius 1 is 1.22 bits per heavy atom. The molecule has 2 amide bonds. The molecule has 0 spiro atoms. The first-order chi connectivity index (χ1) is 23.6. The van der Waals surface area contributed by atoms with Crippen molar-refractivity contribution in [3.63, 3.8) is 0 Å². The zero-order chi connectivity index (χ0) is 36.5. The first-order valence-electron chi connectivity index (χ1n) is 15.3. The third-order valence-corrected chi connectivity index (χ3v) is 11.6. The molecule has 3 atom stereocenters. The summed E-state index contributed by atoms with van der Waals surface area (Å²) in [5.74, 6) is -6.83. The van der Waals surface area contributed by atoms with Gasteiger partial charge in [0.25, 0.3) is 5.91 Å². The molecule has 4 heterocycles. The number of oxime groups is 1. The largest absolute Gasteiger partial charge is 1.00 e. The molecule has 0 radical (unpaired) electrons. The average Bonchev–Trinajstić information content (AvgIpc) is 3.66. The van der Waals surface area contributed by atoms with Gasteiger partial charge in [0.2, 0.25) is 5.91 Å². The van der Waals surface area contributed by atoms with Crippen molar-refractivity contribution in [1.82, 2.24) is 15.2 Å². The maximum atomic E-state index is 13.5. The SMILES string of the molecule is C[C@H](O/N=C(\C(=O)C[C@@H]1C(=O)N2C(C(=O)[O-])=C(C[N+]3(CCNC(=O)c4ccc(O)c(O)c4Cl)CCCC3)CS[C@H]12)c1nc(N)sc1Cl)C(=O)[O-].[Na+]. The number of carbonyl (C=O) groups is 5. The number of halogens is 2. The van der Waals surface area contributed by atoms with Crippen LogP contribution in [0.15, 0.2) is 28.6 Å². The summed E-state index contributed by atoms with van der Waals surface area (Å²) in [6.07, 6.45) is -0.222. The zero-order valence-electron chi connectivity index (χ0n) is 27.3. The van der Waals surface area contributed by atoms with Gasteiger partial charge in [-0.05, 0) is 19.1 Å². The molecule has 0 saturated carbocycles. The van der Waals surface area contributed by atoms with E-state index in [4.69, 9.17) is 33.8 Å². The van der Waals surface area contributed by atoms with Gasteiger partial charge in [-0.3, -0.25) is 19.3 Å². The Morgan fingerprint density at radius 3 is 2.51 bits per heavy atom. The molecule has 268 valence electrons. The number of hydrogen-bond acceptors (Lipinski definition) is 15. The van der Waals surface area contributed by atoms with E-state index in [0.29, 0.717) is 29.7 Å². The number of nitrogens with one attached hydrogen (secondary N) is 1. The van der Waals surface area contributed by atoms with Gasteiger partial charge in [0, 0.05) is 30.6 Å². The third-order valence-electron chi connectivity index (χ3n) is 8.73. The number of hydrogen-bond donors (Lipinski definition) is 4. The molecule has 3 aliphatic heterocycles. The topological polar surface area (TPSA) is 248 Å². The number of thiazole rings is 1. The van der Waals surface area contributed by atoms with Crippen LogP contribution >= 0.6 is 46.3 Å². The summed E-state index contributed by atoms with van der Waals surface area (Å²) in [4.78, 5) is 73.4. The van der Waals surface area contributed by atoms with Gasteiger partial charge in [-0.15, -0.1) is 11.8 Å². The van der Waals surface area contributed by atoms with Crippen molar-refractivity contribution in [2.75, 3.05) is 44.2 Å². The number of benzene rings is 1. The number of nitrogens with zero attached hydrogens (tertiary/aromatic N) is 4. The van der Waals surface area contributed by atoms with E-state index in [9.17, 15) is 44.4 Å². The minimum atomic E-state index is -1.59. The first kappa shape index (κ1) is 40.7. The summed E-state index contributed by atoms with van der Waals surface area (Å²) in [5.41, 5.74) is 5.33. The number of phenolic OH excluding ortho intramolecular Hbond substituents is 2. The molecule has 0 unspecified atom stereocenters. The Bertz CT molecular complexity index is 1820. The third kappa shape index (κ3) is 8.59. The van der Waals surface area contributed by atoms with E-state index in [-0.39, 0.29) is 79.8 Å². The summed E-state index contributed by atoms with van der Waals surface area (Å²) in [6, 6.07) is 2.44. The van der Waals surface area contributed by atoms with Gasteiger partial charge in [-0.1, -0.05) is 39.7 Å². The molecule has 21 heteroatoms. The number of anilines is 1. The number of carbonyl (C=O) groups excluding carboxylic acids is 5. The van der Waals surface area contributed by atoms with Gasteiger partial charge in [-0.25, -0.2) is 4.98 Å². The predicted octanol–water partition coefficient (Wildman–Crippen LogP) is -3.16. The number of β-lactam (4-membered cyclic amide) rings is 1. The molecule has 2 aromatic rings. The second kappa shape index (κ2) is 16.7. The molecule has 5 rings (SSSR count). The van der Waals surface area contributed by atoms with E-state index < -0.39 is 70.6 Å². The number of aromatic nitrogens is 1. The smallest absolute Gasteiger partial charge is 0.546 e. The van der Waals surface area contributed by atoms with Crippen LogP contribution in [0.5, 0.6) is 11.5 Å². The van der Waals surface area contributed by atoms with Crippen LogP contribution in [0.25, 0.3) is 0 Å². The first-order valence-corrected chi connectivity index (χ1v) is 17.9. The Hall–Kier alpha value is -3.10. The van der Waals surface area contributed by atoms with Crippen molar-refractivity contribution in [3.8, 4) is 11.5 Å². The van der Waals surface area contributed by atoms with E-state index in [0.717, 1.165) is 42.1 Å². The molecule has 51 heavy (non-hydrogen) atoms. The Kier molecular flexibility index (Phi) is 13.3. The molecule has 1 aromatic heterocycles. The number of carboxylic acids is 2. The van der Waals surface area contributed by atoms with Crippen molar-refractivity contribution in [1.29, 1.82) is 0 Å². The Balaban J connectivity index is 0.00000583. The number of nitrogen functional groups attached to an aromatic ring is 1. The van der Waals surface area contributed by atoms with Crippen LogP contribution in [-0.4, -0.2) is 110 Å². The maximum Gasteiger partial charge on any atom is 1.00 e. The molecule has 3 aliphatic rings. The van der Waals surface area contributed by atoms with Crippen molar-refractivity contribution in [2.24, 2.45) is 11.1 Å². The van der Waals surface area contributed by atoms with Crippen molar-refractivity contribution >= 4 is 86.7 Å². The van der Waals surface area contributed by atoms with Gasteiger partial charge < -0.3 is 50.4 Å². The fraction of sp³-hybridized carbons (Fsp3) is 0.433. The molecule has 5 N–H and O–H groups in total. The summed E-state index contributed by atoms with van der Waals surface area (Å²) in [6.45, 7) is 3.44. The van der Waals surface area contributed by atoms with Gasteiger partial charge in [0.05, 0.1) is 65.7 Å². The minimum Gasteiger partial charge on any atom is -0.546 e. The number of quaternary nitrogens is 1. The van der Waals surface area contributed by atoms with Crippen molar-refractivity contribution in [3.05, 3.63) is 44.0 Å². The molecule has 2 fully saturated rings. The number of likely N-dealkylation sites (tertiary alicyclic amines) is 1. The predicted molar refractivity (Wildman–Crippen MR) is 178 cm³/mol. The molecule has 2 saturated heterocycles. The number of rotatable bonds is 14. The number of ketones is 1. The number of nitrogens with two attached hydrogens (primary N) is 1. The number of aliphatic carboxylic acids is 2. The van der Waals surface area contributed by atoms with Crippen LogP contribution < -0.4 is 50.8 Å². The van der Waals surface area contributed by atoms with Gasteiger partial charge in [0.15, 0.2) is 34.2 Å². The average molecular weight is 794 g/mol. The summed E-state index contributed by atoms with van der Waals surface area (Å²) >= 11 is 14.4. The number of amides is 2. The zero-order valence-corrected chi connectivity index (χ0v) is 32.5. The number of fused-ring (bicyclic) bond motifs is 1. The molecule has 1 aromatic carbocycles. The maximum absolute atomic E-state index is 13.5. The number of phenols is 2. The number of thioether (sulfide) groups is 1. The molecule has 0 aliphatic carbocycles. The van der Waals surface area contributed by atoms with E-state index >= 15 is 0 Å². The second-order valence-corrected chi connectivity index (χ2v) is 15.1. The van der Waals surface area contributed by atoms with Crippen LogP contribution in [0.3, 0.4) is 0 Å². The fourth-order valence-electron chi connectivity index (χ4n) is 6.19. The fourth-order valence-corrected chi connectivity index (χ4v) is 8.77. The monoisotopic (exact) mass is 792 g/mol. The standard InChI is InChI=1S/C30H32Cl2N6O10S2.Na/c1-13(28(44)45)48-36-20(21-24(32)50-30(33)35-21)18(40)10-16-26(43)37-22(29(46)47)14(12-49-27(16)37)11-38(7-2-3-8-38)9-6-34-25(42)15-4-5-17(39)23(41)19(15)31;/h4-5,13,16,27H,2-3,6-12H2,1H3,(H6-,33,34,35,36,39,40,41,42,44,45,46,47);/q;+1/p-1/t13-,16+,27+;/m0./s1. The van der Waals surface area contributed by atoms with E-state index in [2.05, 4.69) is 15.5 Å². The minimum absolute atomic E-state index is 0. The van der Waals surface area contributed by atoms with E-state index in [1.165, 1.54) is 17.8 Å². The number of Topliss-reactive ketones (excluding diaryl/α,β-unsaturated/α-hetero) is 1. The Morgan fingerprint density at radius 2 is 1.90 bits per heavy atom. The normalized spacial score (nSPS) is 20.2. The van der Waals surface area contributed by atoms with E-state index in [1.807, 2.05) is 0 Å².